The third-order valence-corrected chi connectivity index (χ3v) is 6.76. The first-order valence-electron chi connectivity index (χ1n) is 11.0. The number of nitrogens with zero attached hydrogens (tertiary/aromatic N) is 1. The molecule has 3 aromatic carbocycles. The Morgan fingerprint density at radius 1 is 1.05 bits per heavy atom. The zero-order valence-corrected chi connectivity index (χ0v) is 22.2. The molecule has 1 fully saturated rings. The standard InChI is InChI=1S/C27H21BrN2O6S/c1-16-8-10-18(11-9-16)26(33)36-24-20(28)12-17(13-21(24)35-2)14-22-25(32)30(27(34)37-22)15-23(31)29-19-6-4-3-5-7-19/h3-14H,15H2,1-2H3,(H,29,31)/b22-14-. The van der Waals surface area contributed by atoms with Crippen molar-refractivity contribution in [3.8, 4) is 11.5 Å². The third-order valence-electron chi connectivity index (χ3n) is 5.26. The lowest BCUT2D eigenvalue weighted by Gasteiger charge is -2.13. The number of rotatable bonds is 7. The van der Waals surface area contributed by atoms with Crippen molar-refractivity contribution in [3.05, 3.63) is 92.8 Å². The number of methoxy groups -OCH3 is 1. The number of hydrogen-bond acceptors (Lipinski definition) is 7. The van der Waals surface area contributed by atoms with Crippen LogP contribution < -0.4 is 14.8 Å². The van der Waals surface area contributed by atoms with Crippen LogP contribution in [0.25, 0.3) is 6.08 Å². The van der Waals surface area contributed by atoms with Gasteiger partial charge in [0.2, 0.25) is 5.91 Å². The molecule has 1 aliphatic rings. The highest BCUT2D eigenvalue weighted by Crippen LogP contribution is 2.39. The second-order valence-electron chi connectivity index (χ2n) is 7.97. The fourth-order valence-electron chi connectivity index (χ4n) is 3.42. The maximum absolute atomic E-state index is 12.9. The monoisotopic (exact) mass is 580 g/mol. The number of anilines is 1. The van der Waals surface area contributed by atoms with E-state index >= 15 is 0 Å². The van der Waals surface area contributed by atoms with Crippen LogP contribution in [0.15, 0.2) is 76.1 Å². The van der Waals surface area contributed by atoms with Gasteiger partial charge in [0.1, 0.15) is 6.54 Å². The van der Waals surface area contributed by atoms with Crippen LogP contribution in [0.3, 0.4) is 0 Å². The Labute approximate surface area is 225 Å². The molecule has 0 radical (unpaired) electrons. The van der Waals surface area contributed by atoms with Gasteiger partial charge in [0.15, 0.2) is 11.5 Å². The minimum absolute atomic E-state index is 0.149. The van der Waals surface area contributed by atoms with Gasteiger partial charge < -0.3 is 14.8 Å². The lowest BCUT2D eigenvalue weighted by atomic mass is 10.1. The molecule has 0 bridgehead atoms. The molecule has 3 amide bonds. The molecule has 4 rings (SSSR count). The Bertz CT molecular complexity index is 1410. The number of carbonyl (C=O) groups is 4. The summed E-state index contributed by atoms with van der Waals surface area (Å²) in [7, 11) is 1.42. The highest BCUT2D eigenvalue weighted by atomic mass is 79.9. The zero-order chi connectivity index (χ0) is 26.5. The van der Waals surface area contributed by atoms with Gasteiger partial charge in [-0.2, -0.15) is 0 Å². The molecule has 10 heteroatoms. The van der Waals surface area contributed by atoms with Crippen LogP contribution in [0.2, 0.25) is 0 Å². The molecular formula is C27H21BrN2O6S. The van der Waals surface area contributed by atoms with E-state index in [1.54, 1.807) is 48.5 Å². The summed E-state index contributed by atoms with van der Waals surface area (Å²) in [5, 5.41) is 2.11. The zero-order valence-electron chi connectivity index (χ0n) is 19.8. The van der Waals surface area contributed by atoms with Crippen molar-refractivity contribution in [1.82, 2.24) is 4.90 Å². The molecule has 3 aromatic rings. The van der Waals surface area contributed by atoms with Gasteiger partial charge in [-0.25, -0.2) is 4.79 Å². The van der Waals surface area contributed by atoms with Crippen molar-refractivity contribution >= 4 is 62.5 Å². The molecule has 0 aliphatic carbocycles. The molecule has 0 spiro atoms. The maximum atomic E-state index is 12.9. The smallest absolute Gasteiger partial charge is 0.343 e. The van der Waals surface area contributed by atoms with Crippen molar-refractivity contribution in [2.24, 2.45) is 0 Å². The molecule has 0 unspecified atom stereocenters. The van der Waals surface area contributed by atoms with Gasteiger partial charge in [0.25, 0.3) is 11.1 Å². The van der Waals surface area contributed by atoms with Gasteiger partial charge in [-0.15, -0.1) is 0 Å². The number of esters is 1. The fraction of sp³-hybridized carbons (Fsp3) is 0.111. The molecule has 1 N–H and O–H groups in total. The summed E-state index contributed by atoms with van der Waals surface area (Å²) in [6, 6.07) is 18.9. The third kappa shape index (κ3) is 6.28. The summed E-state index contributed by atoms with van der Waals surface area (Å²) in [5.74, 6) is -1.19. The predicted molar refractivity (Wildman–Crippen MR) is 145 cm³/mol. The van der Waals surface area contributed by atoms with Gasteiger partial charge in [-0.3, -0.25) is 19.3 Å². The van der Waals surface area contributed by atoms with E-state index in [0.717, 1.165) is 22.2 Å². The number of halogens is 1. The van der Waals surface area contributed by atoms with E-state index in [9.17, 15) is 19.2 Å². The summed E-state index contributed by atoms with van der Waals surface area (Å²) in [6.45, 7) is 1.51. The van der Waals surface area contributed by atoms with E-state index in [2.05, 4.69) is 21.2 Å². The molecule has 1 heterocycles. The molecule has 1 aliphatic heterocycles. The van der Waals surface area contributed by atoms with E-state index in [0.29, 0.717) is 21.3 Å². The second-order valence-corrected chi connectivity index (χ2v) is 9.82. The summed E-state index contributed by atoms with van der Waals surface area (Å²) in [6.07, 6.45) is 1.51. The van der Waals surface area contributed by atoms with Gasteiger partial charge >= 0.3 is 5.97 Å². The summed E-state index contributed by atoms with van der Waals surface area (Å²) in [4.78, 5) is 51.3. The molecular weight excluding hydrogens is 560 g/mol. The maximum Gasteiger partial charge on any atom is 0.343 e. The number of thioether (sulfide) groups is 1. The number of hydrogen-bond donors (Lipinski definition) is 1. The first-order chi connectivity index (χ1) is 17.7. The van der Waals surface area contributed by atoms with Crippen molar-refractivity contribution in [2.45, 2.75) is 6.92 Å². The van der Waals surface area contributed by atoms with E-state index in [-0.39, 0.29) is 16.4 Å². The van der Waals surface area contributed by atoms with Crippen LogP contribution in [-0.2, 0) is 9.59 Å². The number of ether oxygens (including phenoxy) is 2. The predicted octanol–water partition coefficient (Wildman–Crippen LogP) is 5.66. The average molecular weight is 581 g/mol. The van der Waals surface area contributed by atoms with Crippen LogP contribution in [0.1, 0.15) is 21.5 Å². The van der Waals surface area contributed by atoms with Gasteiger partial charge in [0, 0.05) is 5.69 Å². The fourth-order valence-corrected chi connectivity index (χ4v) is 4.80. The number of para-hydroxylation sites is 1. The van der Waals surface area contributed by atoms with Crippen molar-refractivity contribution < 1.29 is 28.7 Å². The minimum atomic E-state index is -0.580. The van der Waals surface area contributed by atoms with E-state index in [1.807, 2.05) is 25.1 Å². The summed E-state index contributed by atoms with van der Waals surface area (Å²) >= 11 is 4.13. The summed E-state index contributed by atoms with van der Waals surface area (Å²) < 4.78 is 11.4. The lowest BCUT2D eigenvalue weighted by molar-refractivity contribution is -0.127. The number of imide groups is 1. The Balaban J connectivity index is 1.50. The van der Waals surface area contributed by atoms with Crippen LogP contribution in [0, 0.1) is 6.92 Å². The normalized spacial score (nSPS) is 14.1. The van der Waals surface area contributed by atoms with Crippen molar-refractivity contribution in [1.29, 1.82) is 0 Å². The molecule has 1 saturated heterocycles. The van der Waals surface area contributed by atoms with E-state index < -0.39 is 29.6 Å². The average Bonchev–Trinajstić information content (AvgIpc) is 3.13. The molecule has 8 nitrogen and oxygen atoms in total. The highest BCUT2D eigenvalue weighted by molar-refractivity contribution is 9.10. The Morgan fingerprint density at radius 3 is 2.43 bits per heavy atom. The first-order valence-corrected chi connectivity index (χ1v) is 12.6. The van der Waals surface area contributed by atoms with Crippen molar-refractivity contribution in [3.63, 3.8) is 0 Å². The molecule has 0 saturated carbocycles. The van der Waals surface area contributed by atoms with Crippen LogP contribution in [-0.4, -0.2) is 41.6 Å². The molecule has 0 atom stereocenters. The number of carbonyl (C=O) groups excluding carboxylic acids is 4. The van der Waals surface area contributed by atoms with Gasteiger partial charge in [-0.05, 0) is 82.7 Å². The van der Waals surface area contributed by atoms with Crippen molar-refractivity contribution in [2.75, 3.05) is 19.0 Å². The Morgan fingerprint density at radius 2 is 1.76 bits per heavy atom. The van der Waals surface area contributed by atoms with E-state index in [4.69, 9.17) is 9.47 Å². The van der Waals surface area contributed by atoms with Crippen LogP contribution >= 0.6 is 27.7 Å². The first kappa shape index (κ1) is 26.2. The second kappa shape index (κ2) is 11.4. The largest absolute Gasteiger partial charge is 0.493 e. The number of nitrogens with one attached hydrogen (secondary N) is 1. The SMILES string of the molecule is COc1cc(/C=C2\SC(=O)N(CC(=O)Nc3ccccc3)C2=O)cc(Br)c1OC(=O)c1ccc(C)cc1. The van der Waals surface area contributed by atoms with Crippen LogP contribution in [0.4, 0.5) is 10.5 Å². The topological polar surface area (TPSA) is 102 Å². The number of benzene rings is 3. The molecule has 0 aromatic heterocycles. The van der Waals surface area contributed by atoms with E-state index in [1.165, 1.54) is 13.2 Å². The Hall–Kier alpha value is -3.89. The Kier molecular flexibility index (Phi) is 8.10. The quantitative estimate of drug-likeness (QED) is 0.218. The minimum Gasteiger partial charge on any atom is -0.493 e. The van der Waals surface area contributed by atoms with Gasteiger partial charge in [0.05, 0.1) is 22.1 Å². The van der Waals surface area contributed by atoms with Crippen LogP contribution in [0.5, 0.6) is 11.5 Å². The highest BCUT2D eigenvalue weighted by Gasteiger charge is 2.36. The number of amides is 3. The number of aryl methyl sites for hydroxylation is 1. The summed E-state index contributed by atoms with van der Waals surface area (Å²) in [5.41, 5.74) is 2.49. The molecule has 37 heavy (non-hydrogen) atoms. The van der Waals surface area contributed by atoms with Gasteiger partial charge in [-0.1, -0.05) is 35.9 Å². The molecule has 188 valence electrons. The lowest BCUT2D eigenvalue weighted by Crippen LogP contribution is -2.36.